The lowest BCUT2D eigenvalue weighted by Gasteiger charge is -2.17. The van der Waals surface area contributed by atoms with E-state index >= 15 is 0 Å². The highest BCUT2D eigenvalue weighted by Crippen LogP contribution is 2.27. The highest BCUT2D eigenvalue weighted by molar-refractivity contribution is 6.02. The first-order valence-electron chi connectivity index (χ1n) is 5.44. The van der Waals surface area contributed by atoms with Gasteiger partial charge >= 0.3 is 5.97 Å². The van der Waals surface area contributed by atoms with Crippen molar-refractivity contribution in [2.75, 3.05) is 18.6 Å². The number of esters is 1. The Balaban J connectivity index is 2.27. The third-order valence-corrected chi connectivity index (χ3v) is 2.91. The number of carbonyl (C=O) groups is 3. The Labute approximate surface area is 104 Å². The van der Waals surface area contributed by atoms with Crippen LogP contribution in [0, 0.1) is 5.92 Å². The molecule has 1 aliphatic heterocycles. The normalized spacial score (nSPS) is 18.8. The van der Waals surface area contributed by atoms with Crippen molar-refractivity contribution in [1.82, 2.24) is 4.98 Å². The lowest BCUT2D eigenvalue weighted by atomic mass is 10.1. The molecule has 1 fully saturated rings. The van der Waals surface area contributed by atoms with Crippen molar-refractivity contribution in [3.05, 3.63) is 24.0 Å². The van der Waals surface area contributed by atoms with Gasteiger partial charge in [-0.25, -0.2) is 0 Å². The van der Waals surface area contributed by atoms with Gasteiger partial charge in [0.25, 0.3) is 0 Å². The molecule has 0 radical (unpaired) electrons. The fourth-order valence-corrected chi connectivity index (χ4v) is 2.00. The van der Waals surface area contributed by atoms with Crippen molar-refractivity contribution in [2.45, 2.75) is 6.42 Å². The van der Waals surface area contributed by atoms with E-state index in [1.54, 1.807) is 6.07 Å². The van der Waals surface area contributed by atoms with Crippen LogP contribution in [-0.4, -0.2) is 36.8 Å². The predicted molar refractivity (Wildman–Crippen MR) is 62.1 cm³/mol. The number of carbonyl (C=O) groups excluding carboxylic acids is 3. The summed E-state index contributed by atoms with van der Waals surface area (Å²) in [5.41, 5.74) is 0.813. The maximum atomic E-state index is 11.9. The molecule has 0 bridgehead atoms. The van der Waals surface area contributed by atoms with E-state index in [1.165, 1.54) is 24.4 Å². The predicted octanol–water partition coefficient (Wildman–Crippen LogP) is 0.420. The summed E-state index contributed by atoms with van der Waals surface area (Å²) in [6.45, 7) is 0.232. The molecular weight excluding hydrogens is 236 g/mol. The Morgan fingerprint density at radius 3 is 3.06 bits per heavy atom. The van der Waals surface area contributed by atoms with Crippen molar-refractivity contribution < 1.29 is 19.1 Å². The highest BCUT2D eigenvalue weighted by atomic mass is 16.5. The van der Waals surface area contributed by atoms with Gasteiger partial charge in [-0.05, 0) is 6.07 Å². The first-order valence-corrected chi connectivity index (χ1v) is 5.44. The molecule has 0 aromatic carbocycles. The Hall–Kier alpha value is -2.24. The second-order valence-corrected chi connectivity index (χ2v) is 3.98. The molecule has 0 N–H and O–H groups in total. The molecule has 1 unspecified atom stereocenters. The number of anilines is 1. The molecule has 1 atom stereocenters. The number of aldehydes is 1. The quantitative estimate of drug-likeness (QED) is 0.572. The van der Waals surface area contributed by atoms with E-state index in [9.17, 15) is 14.4 Å². The summed E-state index contributed by atoms with van der Waals surface area (Å²) in [5, 5.41) is 0. The third-order valence-electron chi connectivity index (χ3n) is 2.91. The Morgan fingerprint density at radius 1 is 1.61 bits per heavy atom. The van der Waals surface area contributed by atoms with Gasteiger partial charge in [-0.15, -0.1) is 0 Å². The molecule has 1 saturated heterocycles. The van der Waals surface area contributed by atoms with Gasteiger partial charge in [0.1, 0.15) is 0 Å². The zero-order valence-corrected chi connectivity index (χ0v) is 9.83. The van der Waals surface area contributed by atoms with Crippen molar-refractivity contribution in [3.63, 3.8) is 0 Å². The molecule has 94 valence electrons. The van der Waals surface area contributed by atoms with Crippen LogP contribution >= 0.6 is 0 Å². The minimum atomic E-state index is -0.477. The lowest BCUT2D eigenvalue weighted by molar-refractivity contribution is -0.145. The summed E-state index contributed by atoms with van der Waals surface area (Å²) in [5.74, 6) is -1.08. The van der Waals surface area contributed by atoms with Gasteiger partial charge in [0.05, 0.1) is 24.3 Å². The maximum absolute atomic E-state index is 11.9. The molecule has 1 aromatic heterocycles. The fourth-order valence-electron chi connectivity index (χ4n) is 2.00. The van der Waals surface area contributed by atoms with Gasteiger partial charge in [-0.3, -0.25) is 19.4 Å². The zero-order chi connectivity index (χ0) is 13.1. The van der Waals surface area contributed by atoms with Crippen molar-refractivity contribution >= 4 is 23.9 Å². The topological polar surface area (TPSA) is 76.6 Å². The number of pyridine rings is 1. The molecule has 2 rings (SSSR count). The van der Waals surface area contributed by atoms with E-state index in [0.29, 0.717) is 17.5 Å². The molecule has 0 saturated carbocycles. The Morgan fingerprint density at radius 2 is 2.39 bits per heavy atom. The van der Waals surface area contributed by atoms with E-state index in [2.05, 4.69) is 9.72 Å². The van der Waals surface area contributed by atoms with Crippen LogP contribution in [0.2, 0.25) is 0 Å². The first kappa shape index (κ1) is 12.2. The van der Waals surface area contributed by atoms with Crippen LogP contribution in [0.1, 0.15) is 16.8 Å². The average Bonchev–Trinajstić information content (AvgIpc) is 2.79. The van der Waals surface area contributed by atoms with Gasteiger partial charge < -0.3 is 9.64 Å². The zero-order valence-electron chi connectivity index (χ0n) is 9.83. The van der Waals surface area contributed by atoms with E-state index in [4.69, 9.17) is 0 Å². The molecule has 6 nitrogen and oxygen atoms in total. The van der Waals surface area contributed by atoms with Gasteiger partial charge in [-0.1, -0.05) is 0 Å². The highest BCUT2D eigenvalue weighted by Gasteiger charge is 2.36. The van der Waals surface area contributed by atoms with E-state index < -0.39 is 11.9 Å². The van der Waals surface area contributed by atoms with Crippen LogP contribution in [0.15, 0.2) is 18.5 Å². The van der Waals surface area contributed by atoms with E-state index in [0.717, 1.165) is 0 Å². The molecule has 6 heteroatoms. The minimum Gasteiger partial charge on any atom is -0.469 e. The molecule has 0 spiro atoms. The number of hydrogen-bond donors (Lipinski definition) is 0. The third kappa shape index (κ3) is 2.09. The largest absolute Gasteiger partial charge is 0.469 e. The van der Waals surface area contributed by atoms with E-state index in [-0.39, 0.29) is 18.9 Å². The van der Waals surface area contributed by atoms with Crippen LogP contribution in [0.5, 0.6) is 0 Å². The van der Waals surface area contributed by atoms with Crippen molar-refractivity contribution in [2.24, 2.45) is 5.92 Å². The number of rotatable bonds is 3. The molecular formula is C12H12N2O4. The lowest BCUT2D eigenvalue weighted by Crippen LogP contribution is -2.27. The number of nitrogens with zero attached hydrogens (tertiary/aromatic N) is 2. The van der Waals surface area contributed by atoms with Crippen LogP contribution in [0.25, 0.3) is 0 Å². The summed E-state index contributed by atoms with van der Waals surface area (Å²) in [6.07, 6.45) is 3.64. The van der Waals surface area contributed by atoms with Gasteiger partial charge in [0.2, 0.25) is 5.91 Å². The number of methoxy groups -OCH3 is 1. The van der Waals surface area contributed by atoms with Crippen LogP contribution < -0.4 is 4.90 Å². The van der Waals surface area contributed by atoms with Crippen LogP contribution in [-0.2, 0) is 14.3 Å². The summed E-state index contributed by atoms with van der Waals surface area (Å²) in [6, 6.07) is 1.58. The summed E-state index contributed by atoms with van der Waals surface area (Å²) in [7, 11) is 1.29. The fraction of sp³-hybridized carbons (Fsp3) is 0.333. The number of amides is 1. The first-order chi connectivity index (χ1) is 8.67. The molecule has 2 heterocycles. The Kier molecular flexibility index (Phi) is 3.36. The summed E-state index contributed by atoms with van der Waals surface area (Å²) < 4.78 is 4.62. The van der Waals surface area contributed by atoms with Crippen LogP contribution in [0.3, 0.4) is 0 Å². The second-order valence-electron chi connectivity index (χ2n) is 3.98. The van der Waals surface area contributed by atoms with E-state index in [1.807, 2.05) is 0 Å². The monoisotopic (exact) mass is 248 g/mol. The Bertz CT molecular complexity index is 501. The van der Waals surface area contributed by atoms with Gasteiger partial charge in [0, 0.05) is 25.4 Å². The van der Waals surface area contributed by atoms with Crippen molar-refractivity contribution in [1.29, 1.82) is 0 Å². The molecule has 1 aliphatic rings. The molecule has 0 aliphatic carbocycles. The van der Waals surface area contributed by atoms with Gasteiger partial charge in [-0.2, -0.15) is 0 Å². The second kappa shape index (κ2) is 4.95. The summed E-state index contributed by atoms with van der Waals surface area (Å²) >= 11 is 0. The molecule has 18 heavy (non-hydrogen) atoms. The average molecular weight is 248 g/mol. The molecule has 1 amide bonds. The van der Waals surface area contributed by atoms with Crippen molar-refractivity contribution in [3.8, 4) is 0 Å². The number of hydrogen-bond acceptors (Lipinski definition) is 5. The SMILES string of the molecule is COC(=O)C1CC(=O)N(c2ccncc2C=O)C1. The number of aromatic nitrogens is 1. The minimum absolute atomic E-state index is 0.104. The van der Waals surface area contributed by atoms with Crippen LogP contribution in [0.4, 0.5) is 5.69 Å². The summed E-state index contributed by atoms with van der Waals surface area (Å²) in [4.78, 5) is 39.4. The maximum Gasteiger partial charge on any atom is 0.311 e. The molecule has 1 aromatic rings. The smallest absolute Gasteiger partial charge is 0.311 e. The number of ether oxygens (including phenoxy) is 1. The standard InChI is InChI=1S/C12H12N2O4/c1-18-12(17)8-4-11(16)14(6-8)10-2-3-13-5-9(10)7-15/h2-3,5,7-8H,4,6H2,1H3. The van der Waals surface area contributed by atoms with Gasteiger partial charge in [0.15, 0.2) is 6.29 Å².